The Hall–Kier alpha value is -2.34. The van der Waals surface area contributed by atoms with Crippen LogP contribution in [0.15, 0.2) is 28.7 Å². The zero-order valence-electron chi connectivity index (χ0n) is 13.6. The van der Waals surface area contributed by atoms with Gasteiger partial charge in [0.1, 0.15) is 11.7 Å². The molecule has 0 saturated heterocycles. The lowest BCUT2D eigenvalue weighted by Gasteiger charge is -2.14. The Balaban J connectivity index is 1.80. The topological polar surface area (TPSA) is 83.8 Å². The summed E-state index contributed by atoms with van der Waals surface area (Å²) < 4.78 is 5.49. The predicted octanol–water partition coefficient (Wildman–Crippen LogP) is 4.17. The largest absolute Gasteiger partial charge is 0.423 e. The summed E-state index contributed by atoms with van der Waals surface area (Å²) in [4.78, 5) is 15.7. The van der Waals surface area contributed by atoms with E-state index in [-0.39, 0.29) is 11.9 Å². The molecule has 2 N–H and O–H groups in total. The van der Waals surface area contributed by atoms with Gasteiger partial charge in [0.05, 0.1) is 0 Å². The second-order valence-electron chi connectivity index (χ2n) is 5.74. The number of rotatable bonds is 6. The number of nitrogens with zero attached hydrogens (tertiary/aromatic N) is 2. The maximum absolute atomic E-state index is 12.6. The summed E-state index contributed by atoms with van der Waals surface area (Å²) in [5.74, 6) is 0.716. The zero-order chi connectivity index (χ0) is 17.1. The molecular formula is C17H19ClN4O2. The normalized spacial score (nSPS) is 12.5. The van der Waals surface area contributed by atoms with Crippen LogP contribution in [0.25, 0.3) is 10.9 Å². The first-order valence-corrected chi connectivity index (χ1v) is 8.33. The maximum Gasteiger partial charge on any atom is 0.268 e. The Kier molecular flexibility index (Phi) is 4.85. The van der Waals surface area contributed by atoms with Gasteiger partial charge in [0.15, 0.2) is 0 Å². The Morgan fingerprint density at radius 1 is 1.38 bits per heavy atom. The van der Waals surface area contributed by atoms with E-state index in [2.05, 4.69) is 27.4 Å². The molecular weight excluding hydrogens is 328 g/mol. The Bertz CT molecular complexity index is 855. The minimum absolute atomic E-state index is 0.209. The third kappa shape index (κ3) is 3.59. The number of H-pyrrole nitrogens is 1. The summed E-state index contributed by atoms with van der Waals surface area (Å²) in [6.45, 7) is 3.83. The number of nitrogens with one attached hydrogen (secondary N) is 2. The van der Waals surface area contributed by atoms with E-state index in [0.29, 0.717) is 22.5 Å². The molecule has 0 aliphatic rings. The van der Waals surface area contributed by atoms with Crippen LogP contribution in [0.4, 0.5) is 0 Å². The molecule has 0 aliphatic carbocycles. The molecule has 0 aliphatic heterocycles. The molecule has 6 nitrogen and oxygen atoms in total. The highest BCUT2D eigenvalue weighted by atomic mass is 35.5. The first-order valence-electron chi connectivity index (χ1n) is 7.96. The fraction of sp³-hybridized carbons (Fsp3) is 0.353. The average Bonchev–Trinajstić information content (AvgIpc) is 3.17. The van der Waals surface area contributed by atoms with Gasteiger partial charge in [-0.3, -0.25) is 4.79 Å². The zero-order valence-corrected chi connectivity index (χ0v) is 14.4. The van der Waals surface area contributed by atoms with E-state index in [9.17, 15) is 4.79 Å². The summed E-state index contributed by atoms with van der Waals surface area (Å²) in [5.41, 5.74) is 1.34. The van der Waals surface area contributed by atoms with Crippen LogP contribution in [0.5, 0.6) is 0 Å². The van der Waals surface area contributed by atoms with E-state index in [0.717, 1.165) is 30.2 Å². The Morgan fingerprint density at radius 2 is 2.21 bits per heavy atom. The quantitative estimate of drug-likeness (QED) is 0.701. The molecule has 0 bridgehead atoms. The van der Waals surface area contributed by atoms with Gasteiger partial charge in [0, 0.05) is 22.8 Å². The van der Waals surface area contributed by atoms with Gasteiger partial charge in [-0.1, -0.05) is 31.4 Å². The van der Waals surface area contributed by atoms with Gasteiger partial charge >= 0.3 is 0 Å². The third-order valence-electron chi connectivity index (χ3n) is 3.82. The van der Waals surface area contributed by atoms with Crippen molar-refractivity contribution < 1.29 is 9.21 Å². The van der Waals surface area contributed by atoms with Crippen LogP contribution in [0.3, 0.4) is 0 Å². The van der Waals surface area contributed by atoms with Crippen molar-refractivity contribution in [2.45, 2.75) is 39.2 Å². The lowest BCUT2D eigenvalue weighted by Crippen LogP contribution is -2.29. The smallest absolute Gasteiger partial charge is 0.268 e. The van der Waals surface area contributed by atoms with E-state index in [1.165, 1.54) is 0 Å². The number of carbonyl (C=O) groups excluding carboxylic acids is 1. The number of amides is 1. The minimum atomic E-state index is -0.298. The highest BCUT2D eigenvalue weighted by Gasteiger charge is 2.21. The molecule has 3 aromatic rings. The molecule has 0 radical (unpaired) electrons. The number of unbranched alkanes of at least 4 members (excludes halogenated alkanes) is 1. The molecule has 2 heterocycles. The van der Waals surface area contributed by atoms with Gasteiger partial charge in [0.2, 0.25) is 11.8 Å². The van der Waals surface area contributed by atoms with Gasteiger partial charge in [-0.05, 0) is 30.7 Å². The molecule has 0 fully saturated rings. The molecule has 0 saturated carbocycles. The minimum Gasteiger partial charge on any atom is -0.423 e. The van der Waals surface area contributed by atoms with Crippen molar-refractivity contribution in [3.05, 3.63) is 46.8 Å². The summed E-state index contributed by atoms with van der Waals surface area (Å²) in [5, 5.41) is 12.4. The van der Waals surface area contributed by atoms with E-state index < -0.39 is 0 Å². The molecule has 126 valence electrons. The predicted molar refractivity (Wildman–Crippen MR) is 92.1 cm³/mol. The molecule has 7 heteroatoms. The first-order chi connectivity index (χ1) is 11.6. The molecule has 3 rings (SSSR count). The van der Waals surface area contributed by atoms with Gasteiger partial charge in [-0.15, -0.1) is 10.2 Å². The van der Waals surface area contributed by atoms with Gasteiger partial charge in [-0.25, -0.2) is 0 Å². The van der Waals surface area contributed by atoms with Crippen LogP contribution < -0.4 is 5.32 Å². The molecule has 1 aromatic carbocycles. The fourth-order valence-electron chi connectivity index (χ4n) is 2.58. The lowest BCUT2D eigenvalue weighted by atomic mass is 10.1. The van der Waals surface area contributed by atoms with Crippen LogP contribution in [0, 0.1) is 6.92 Å². The van der Waals surface area contributed by atoms with E-state index >= 15 is 0 Å². The number of aryl methyl sites for hydroxylation is 1. The Morgan fingerprint density at radius 3 is 2.92 bits per heavy atom. The van der Waals surface area contributed by atoms with Crippen molar-refractivity contribution in [3.8, 4) is 0 Å². The first kappa shape index (κ1) is 16.5. The number of aromatic amines is 1. The molecule has 0 spiro atoms. The van der Waals surface area contributed by atoms with Crippen molar-refractivity contribution in [2.75, 3.05) is 0 Å². The van der Waals surface area contributed by atoms with Gasteiger partial charge in [-0.2, -0.15) is 0 Å². The van der Waals surface area contributed by atoms with Crippen LogP contribution in [-0.2, 0) is 0 Å². The van der Waals surface area contributed by atoms with Crippen molar-refractivity contribution >= 4 is 28.4 Å². The molecule has 1 unspecified atom stereocenters. The van der Waals surface area contributed by atoms with Crippen molar-refractivity contribution in [3.63, 3.8) is 0 Å². The summed E-state index contributed by atoms with van der Waals surface area (Å²) in [7, 11) is 0. The number of aromatic nitrogens is 3. The second-order valence-corrected chi connectivity index (χ2v) is 6.18. The number of benzene rings is 1. The van der Waals surface area contributed by atoms with Crippen LogP contribution in [-0.4, -0.2) is 21.1 Å². The summed E-state index contributed by atoms with van der Waals surface area (Å²) >= 11 is 5.99. The van der Waals surface area contributed by atoms with Crippen LogP contribution in [0.1, 0.15) is 54.5 Å². The van der Waals surface area contributed by atoms with Crippen molar-refractivity contribution in [1.82, 2.24) is 20.5 Å². The highest BCUT2D eigenvalue weighted by Crippen LogP contribution is 2.22. The van der Waals surface area contributed by atoms with Crippen molar-refractivity contribution in [2.24, 2.45) is 0 Å². The number of halogens is 1. The lowest BCUT2D eigenvalue weighted by molar-refractivity contribution is 0.0922. The van der Waals surface area contributed by atoms with E-state index in [4.69, 9.17) is 16.0 Å². The maximum atomic E-state index is 12.6. The van der Waals surface area contributed by atoms with E-state index in [1.807, 2.05) is 12.1 Å². The van der Waals surface area contributed by atoms with Crippen molar-refractivity contribution in [1.29, 1.82) is 0 Å². The number of fused-ring (bicyclic) bond motifs is 1. The summed E-state index contributed by atoms with van der Waals surface area (Å²) in [6.07, 6.45) is 2.72. The number of carbonyl (C=O) groups is 1. The molecule has 1 atom stereocenters. The fourth-order valence-corrected chi connectivity index (χ4v) is 2.76. The van der Waals surface area contributed by atoms with Crippen LogP contribution >= 0.6 is 11.6 Å². The second kappa shape index (κ2) is 7.05. The highest BCUT2D eigenvalue weighted by molar-refractivity contribution is 6.31. The molecule has 2 aromatic heterocycles. The molecule has 1 amide bonds. The summed E-state index contributed by atoms with van der Waals surface area (Å²) in [6, 6.07) is 6.94. The SMILES string of the molecule is CCCCC(NC(=O)c1cc2cc(Cl)ccc2[nH]1)c1nnc(C)o1. The average molecular weight is 347 g/mol. The number of hydrogen-bond donors (Lipinski definition) is 2. The van der Waals surface area contributed by atoms with Gasteiger partial charge in [0.25, 0.3) is 5.91 Å². The van der Waals surface area contributed by atoms with Gasteiger partial charge < -0.3 is 14.7 Å². The standard InChI is InChI=1S/C17H19ClN4O2/c1-3-4-5-14(17-22-21-10(2)24-17)20-16(23)15-9-11-8-12(18)6-7-13(11)19-15/h6-9,14,19H,3-5H2,1-2H3,(H,20,23). The Labute approximate surface area is 144 Å². The molecule has 24 heavy (non-hydrogen) atoms. The monoisotopic (exact) mass is 346 g/mol. The van der Waals surface area contributed by atoms with E-state index in [1.54, 1.807) is 19.1 Å². The third-order valence-corrected chi connectivity index (χ3v) is 4.05. The van der Waals surface area contributed by atoms with Crippen LogP contribution in [0.2, 0.25) is 5.02 Å². The number of hydrogen-bond acceptors (Lipinski definition) is 4.